The van der Waals surface area contributed by atoms with Gasteiger partial charge in [0.05, 0.1) is 5.52 Å². The van der Waals surface area contributed by atoms with Crippen LogP contribution in [-0.4, -0.2) is 47.0 Å². The Hall–Kier alpha value is -3.28. The maximum atomic E-state index is 13.4. The Labute approximate surface area is 198 Å². The van der Waals surface area contributed by atoms with Crippen molar-refractivity contribution in [3.63, 3.8) is 0 Å². The number of rotatable bonds is 3. The van der Waals surface area contributed by atoms with Gasteiger partial charge in [-0.3, -0.25) is 9.78 Å². The predicted molar refractivity (Wildman–Crippen MR) is 134 cm³/mol. The van der Waals surface area contributed by atoms with Gasteiger partial charge in [-0.15, -0.1) is 0 Å². The van der Waals surface area contributed by atoms with Gasteiger partial charge in [0, 0.05) is 54.5 Å². The Kier molecular flexibility index (Phi) is 5.83. The van der Waals surface area contributed by atoms with E-state index in [2.05, 4.69) is 30.2 Å². The molecule has 3 heterocycles. The van der Waals surface area contributed by atoms with E-state index in [0.717, 1.165) is 57.4 Å². The summed E-state index contributed by atoms with van der Waals surface area (Å²) in [5.74, 6) is -0.0415. The van der Waals surface area contributed by atoms with Crippen LogP contribution in [0, 0.1) is 13.8 Å². The number of halogens is 1. The first-order valence-electron chi connectivity index (χ1n) is 11.1. The first kappa shape index (κ1) is 21.6. The van der Waals surface area contributed by atoms with Crippen LogP contribution in [-0.2, 0) is 0 Å². The molecule has 5 nitrogen and oxygen atoms in total. The maximum absolute atomic E-state index is 13.4. The highest BCUT2D eigenvalue weighted by Gasteiger charge is 2.23. The number of hydrogen-bond acceptors (Lipinski definition) is 4. The molecule has 6 heteroatoms. The zero-order valence-corrected chi connectivity index (χ0v) is 19.5. The number of nitrogens with zero attached hydrogens (tertiary/aromatic N) is 3. The van der Waals surface area contributed by atoms with Crippen LogP contribution >= 0.6 is 11.6 Å². The average molecular weight is 457 g/mol. The molecule has 166 valence electrons. The van der Waals surface area contributed by atoms with E-state index in [4.69, 9.17) is 16.6 Å². The summed E-state index contributed by atoms with van der Waals surface area (Å²) < 4.78 is 0. The Morgan fingerprint density at radius 2 is 1.73 bits per heavy atom. The summed E-state index contributed by atoms with van der Waals surface area (Å²) in [5.41, 5.74) is 7.56. The molecule has 1 N–H and O–H groups in total. The third-order valence-corrected chi connectivity index (χ3v) is 6.63. The number of aryl methyl sites for hydroxylation is 2. The van der Waals surface area contributed by atoms with Crippen molar-refractivity contribution < 1.29 is 4.79 Å². The van der Waals surface area contributed by atoms with Crippen molar-refractivity contribution >= 4 is 28.4 Å². The highest BCUT2D eigenvalue weighted by molar-refractivity contribution is 6.33. The number of piperazine rings is 1. The SMILES string of the molecule is Cc1cc2nc(C(=O)N3CCNCC3)cc(-c3ccccc3Cl)c2c(C)c1-c1ccncc1. The van der Waals surface area contributed by atoms with E-state index in [1.54, 1.807) is 12.4 Å². The predicted octanol–water partition coefficient (Wildman–Crippen LogP) is 5.28. The lowest BCUT2D eigenvalue weighted by Crippen LogP contribution is -2.46. The molecule has 1 fully saturated rings. The standard InChI is InChI=1S/C27H25ClN4O/c1-17-15-23-26(18(2)25(17)19-7-9-29-10-8-19)21(20-5-3-4-6-22(20)28)16-24(31-23)27(33)32-13-11-30-12-14-32/h3-10,15-16,30H,11-14H2,1-2H3. The van der Waals surface area contributed by atoms with Crippen LogP contribution < -0.4 is 5.32 Å². The molecule has 0 saturated carbocycles. The van der Waals surface area contributed by atoms with Crippen molar-refractivity contribution in [3.8, 4) is 22.3 Å². The van der Waals surface area contributed by atoms with E-state index in [1.165, 1.54) is 0 Å². The third-order valence-electron chi connectivity index (χ3n) is 6.30. The van der Waals surface area contributed by atoms with Gasteiger partial charge in [0.1, 0.15) is 5.69 Å². The molecule has 0 radical (unpaired) electrons. The van der Waals surface area contributed by atoms with Gasteiger partial charge in [0.15, 0.2) is 0 Å². The van der Waals surface area contributed by atoms with Crippen molar-refractivity contribution in [3.05, 3.63) is 82.8 Å². The number of benzene rings is 2. The second-order valence-corrected chi connectivity index (χ2v) is 8.81. The molecule has 4 aromatic rings. The van der Waals surface area contributed by atoms with Crippen LogP contribution in [0.3, 0.4) is 0 Å². The molecular formula is C27H25ClN4O. The van der Waals surface area contributed by atoms with Crippen molar-refractivity contribution in [1.29, 1.82) is 0 Å². The second-order valence-electron chi connectivity index (χ2n) is 8.40. The molecule has 33 heavy (non-hydrogen) atoms. The zero-order chi connectivity index (χ0) is 22.9. The summed E-state index contributed by atoms with van der Waals surface area (Å²) in [6, 6.07) is 15.8. The number of carbonyl (C=O) groups excluding carboxylic acids is 1. The number of amides is 1. The Morgan fingerprint density at radius 3 is 2.45 bits per heavy atom. The summed E-state index contributed by atoms with van der Waals surface area (Å²) in [5, 5.41) is 4.96. The molecule has 2 aromatic carbocycles. The second kappa shape index (κ2) is 8.93. The van der Waals surface area contributed by atoms with Crippen molar-refractivity contribution in [2.45, 2.75) is 13.8 Å². The Balaban J connectivity index is 1.78. The minimum absolute atomic E-state index is 0.0415. The molecule has 0 unspecified atom stereocenters. The minimum Gasteiger partial charge on any atom is -0.335 e. The van der Waals surface area contributed by atoms with E-state index < -0.39 is 0 Å². The van der Waals surface area contributed by atoms with Crippen LogP contribution in [0.15, 0.2) is 60.9 Å². The Bertz CT molecular complexity index is 1350. The monoisotopic (exact) mass is 456 g/mol. The molecule has 0 spiro atoms. The van der Waals surface area contributed by atoms with Crippen LogP contribution in [0.1, 0.15) is 21.6 Å². The minimum atomic E-state index is -0.0415. The zero-order valence-electron chi connectivity index (χ0n) is 18.7. The number of fused-ring (bicyclic) bond motifs is 1. The lowest BCUT2D eigenvalue weighted by atomic mass is 9.89. The van der Waals surface area contributed by atoms with Gasteiger partial charge in [-0.2, -0.15) is 0 Å². The molecule has 5 rings (SSSR count). The fourth-order valence-corrected chi connectivity index (χ4v) is 4.99. The largest absolute Gasteiger partial charge is 0.335 e. The molecule has 0 aliphatic carbocycles. The molecular weight excluding hydrogens is 432 g/mol. The molecule has 2 aromatic heterocycles. The first-order valence-corrected chi connectivity index (χ1v) is 11.5. The van der Waals surface area contributed by atoms with E-state index in [0.29, 0.717) is 23.8 Å². The molecule has 1 saturated heterocycles. The smallest absolute Gasteiger partial charge is 0.272 e. The van der Waals surface area contributed by atoms with Gasteiger partial charge >= 0.3 is 0 Å². The fourth-order valence-electron chi connectivity index (χ4n) is 4.76. The van der Waals surface area contributed by atoms with Crippen molar-refractivity contribution in [2.75, 3.05) is 26.2 Å². The van der Waals surface area contributed by atoms with Gasteiger partial charge < -0.3 is 10.2 Å². The van der Waals surface area contributed by atoms with Crippen molar-refractivity contribution in [2.24, 2.45) is 0 Å². The first-order chi connectivity index (χ1) is 16.0. The molecule has 0 atom stereocenters. The molecule has 0 bridgehead atoms. The normalized spacial score (nSPS) is 14.0. The highest BCUT2D eigenvalue weighted by atomic mass is 35.5. The fraction of sp³-hybridized carbons (Fsp3) is 0.222. The highest BCUT2D eigenvalue weighted by Crippen LogP contribution is 2.40. The average Bonchev–Trinajstić information content (AvgIpc) is 2.84. The summed E-state index contributed by atoms with van der Waals surface area (Å²) in [6.45, 7) is 7.15. The maximum Gasteiger partial charge on any atom is 0.272 e. The number of hydrogen-bond donors (Lipinski definition) is 1. The molecule has 1 amide bonds. The summed E-state index contributed by atoms with van der Waals surface area (Å²) in [6.07, 6.45) is 3.61. The van der Waals surface area contributed by atoms with Gasteiger partial charge in [0.25, 0.3) is 5.91 Å². The quantitative estimate of drug-likeness (QED) is 0.455. The van der Waals surface area contributed by atoms with Crippen molar-refractivity contribution in [1.82, 2.24) is 20.2 Å². The van der Waals surface area contributed by atoms with Gasteiger partial charge in [-0.25, -0.2) is 4.98 Å². The van der Waals surface area contributed by atoms with E-state index in [1.807, 2.05) is 47.4 Å². The van der Waals surface area contributed by atoms with Crippen LogP contribution in [0.25, 0.3) is 33.2 Å². The van der Waals surface area contributed by atoms with Crippen LogP contribution in [0.5, 0.6) is 0 Å². The van der Waals surface area contributed by atoms with E-state index in [-0.39, 0.29) is 5.91 Å². The molecule has 1 aliphatic rings. The lowest BCUT2D eigenvalue weighted by molar-refractivity contribution is 0.0730. The number of carbonyl (C=O) groups is 1. The topological polar surface area (TPSA) is 58.1 Å². The van der Waals surface area contributed by atoms with E-state index >= 15 is 0 Å². The van der Waals surface area contributed by atoms with Gasteiger partial charge in [-0.05, 0) is 72.0 Å². The van der Waals surface area contributed by atoms with Crippen LogP contribution in [0.2, 0.25) is 5.02 Å². The summed E-state index contributed by atoms with van der Waals surface area (Å²) in [7, 11) is 0. The molecule has 1 aliphatic heterocycles. The van der Waals surface area contributed by atoms with Gasteiger partial charge in [-0.1, -0.05) is 29.8 Å². The number of nitrogens with one attached hydrogen (secondary N) is 1. The summed E-state index contributed by atoms with van der Waals surface area (Å²) in [4.78, 5) is 24.3. The van der Waals surface area contributed by atoms with E-state index in [9.17, 15) is 4.79 Å². The number of aromatic nitrogens is 2. The Morgan fingerprint density at radius 1 is 1.00 bits per heavy atom. The third kappa shape index (κ3) is 3.99. The summed E-state index contributed by atoms with van der Waals surface area (Å²) >= 11 is 6.65. The van der Waals surface area contributed by atoms with Gasteiger partial charge in [0.2, 0.25) is 0 Å². The lowest BCUT2D eigenvalue weighted by Gasteiger charge is -2.27. The van der Waals surface area contributed by atoms with Crippen LogP contribution in [0.4, 0.5) is 0 Å². The number of pyridine rings is 2.